The van der Waals surface area contributed by atoms with Gasteiger partial charge in [0.2, 0.25) is 0 Å². The van der Waals surface area contributed by atoms with E-state index in [4.69, 9.17) is 34.8 Å². The minimum Gasteiger partial charge on any atom is -0.369 e. The van der Waals surface area contributed by atoms with Crippen molar-refractivity contribution in [3.8, 4) is 11.3 Å². The SMILES string of the molecule is CCCNc1nc(-c2ccc(Cl)cc2)c(Cl)cc1Cl. The van der Waals surface area contributed by atoms with Crippen molar-refractivity contribution in [2.75, 3.05) is 11.9 Å². The van der Waals surface area contributed by atoms with Crippen LogP contribution in [0.5, 0.6) is 0 Å². The predicted octanol–water partition coefficient (Wildman–Crippen LogP) is 5.53. The highest BCUT2D eigenvalue weighted by atomic mass is 35.5. The smallest absolute Gasteiger partial charge is 0.145 e. The summed E-state index contributed by atoms with van der Waals surface area (Å²) < 4.78 is 0. The predicted molar refractivity (Wildman–Crippen MR) is 83.5 cm³/mol. The number of nitrogens with one attached hydrogen (secondary N) is 1. The van der Waals surface area contributed by atoms with Crippen LogP contribution in [-0.4, -0.2) is 11.5 Å². The maximum atomic E-state index is 6.20. The normalized spacial score (nSPS) is 10.5. The highest BCUT2D eigenvalue weighted by molar-refractivity contribution is 6.37. The molecule has 100 valence electrons. The molecule has 5 heteroatoms. The first kappa shape index (κ1) is 14.4. The van der Waals surface area contributed by atoms with E-state index in [1.165, 1.54) is 0 Å². The van der Waals surface area contributed by atoms with Crippen LogP contribution in [0, 0.1) is 0 Å². The lowest BCUT2D eigenvalue weighted by atomic mass is 10.1. The van der Waals surface area contributed by atoms with Crippen molar-refractivity contribution >= 4 is 40.6 Å². The van der Waals surface area contributed by atoms with E-state index in [0.29, 0.717) is 26.6 Å². The summed E-state index contributed by atoms with van der Waals surface area (Å²) in [5.41, 5.74) is 1.60. The summed E-state index contributed by atoms with van der Waals surface area (Å²) in [6.45, 7) is 2.89. The van der Waals surface area contributed by atoms with Crippen LogP contribution in [0.25, 0.3) is 11.3 Å². The Kier molecular flexibility index (Phi) is 4.92. The van der Waals surface area contributed by atoms with E-state index in [9.17, 15) is 0 Å². The first-order valence-corrected chi connectivity index (χ1v) is 7.11. The van der Waals surface area contributed by atoms with Gasteiger partial charge < -0.3 is 5.32 Å². The van der Waals surface area contributed by atoms with Gasteiger partial charge in [-0.25, -0.2) is 4.98 Å². The summed E-state index contributed by atoms with van der Waals surface area (Å²) in [4.78, 5) is 4.49. The van der Waals surface area contributed by atoms with Crippen molar-refractivity contribution in [2.24, 2.45) is 0 Å². The van der Waals surface area contributed by atoms with E-state index >= 15 is 0 Å². The van der Waals surface area contributed by atoms with Crippen LogP contribution in [0.3, 0.4) is 0 Å². The van der Waals surface area contributed by atoms with Crippen LogP contribution in [0.2, 0.25) is 15.1 Å². The third-order valence-corrected chi connectivity index (χ3v) is 3.42. The zero-order chi connectivity index (χ0) is 13.8. The number of nitrogens with zero attached hydrogens (tertiary/aromatic N) is 1. The number of aromatic nitrogens is 1. The summed E-state index contributed by atoms with van der Waals surface area (Å²) >= 11 is 18.2. The molecule has 0 fully saturated rings. The van der Waals surface area contributed by atoms with Crippen LogP contribution in [0.15, 0.2) is 30.3 Å². The van der Waals surface area contributed by atoms with Crippen LogP contribution < -0.4 is 5.32 Å². The lowest BCUT2D eigenvalue weighted by Gasteiger charge is -2.10. The molecule has 0 radical (unpaired) electrons. The summed E-state index contributed by atoms with van der Waals surface area (Å²) in [5.74, 6) is 0.651. The molecule has 2 rings (SSSR count). The monoisotopic (exact) mass is 314 g/mol. The quantitative estimate of drug-likeness (QED) is 0.802. The molecule has 19 heavy (non-hydrogen) atoms. The molecule has 0 unspecified atom stereocenters. The number of pyridine rings is 1. The molecule has 2 aromatic rings. The standard InChI is InChI=1S/C14H13Cl3N2/c1-2-7-18-14-12(17)8-11(16)13(19-14)9-3-5-10(15)6-4-9/h3-6,8H,2,7H2,1H3,(H,18,19). The third kappa shape index (κ3) is 3.53. The maximum Gasteiger partial charge on any atom is 0.145 e. The fourth-order valence-electron chi connectivity index (χ4n) is 1.64. The van der Waals surface area contributed by atoms with E-state index < -0.39 is 0 Å². The van der Waals surface area contributed by atoms with Gasteiger partial charge in [0.05, 0.1) is 15.7 Å². The third-order valence-electron chi connectivity index (χ3n) is 2.59. The average molecular weight is 316 g/mol. The molecule has 2 nitrogen and oxygen atoms in total. The van der Waals surface area contributed by atoms with Crippen molar-refractivity contribution in [1.82, 2.24) is 4.98 Å². The first-order chi connectivity index (χ1) is 9.11. The van der Waals surface area contributed by atoms with E-state index in [2.05, 4.69) is 17.2 Å². The summed E-state index contributed by atoms with van der Waals surface area (Å²) in [5, 5.41) is 4.91. The Hall–Kier alpha value is -0.960. The number of hydrogen-bond acceptors (Lipinski definition) is 2. The van der Waals surface area contributed by atoms with Gasteiger partial charge in [-0.15, -0.1) is 0 Å². The van der Waals surface area contributed by atoms with Crippen LogP contribution in [-0.2, 0) is 0 Å². The van der Waals surface area contributed by atoms with Gasteiger partial charge >= 0.3 is 0 Å². The fourth-order valence-corrected chi connectivity index (χ4v) is 2.30. The second-order valence-corrected chi connectivity index (χ2v) is 5.33. The topological polar surface area (TPSA) is 24.9 Å². The van der Waals surface area contributed by atoms with Crippen molar-refractivity contribution in [2.45, 2.75) is 13.3 Å². The number of benzene rings is 1. The minimum absolute atomic E-state index is 0.523. The molecule has 0 aliphatic rings. The molecule has 0 atom stereocenters. The second kappa shape index (κ2) is 6.47. The first-order valence-electron chi connectivity index (χ1n) is 5.97. The van der Waals surface area contributed by atoms with Gasteiger partial charge in [0.25, 0.3) is 0 Å². The Labute approximate surface area is 127 Å². The highest BCUT2D eigenvalue weighted by Gasteiger charge is 2.10. The Morgan fingerprint density at radius 3 is 2.37 bits per heavy atom. The van der Waals surface area contributed by atoms with Gasteiger partial charge in [-0.3, -0.25) is 0 Å². The van der Waals surface area contributed by atoms with Crippen LogP contribution in [0.4, 0.5) is 5.82 Å². The van der Waals surface area contributed by atoms with Crippen molar-refractivity contribution in [3.63, 3.8) is 0 Å². The zero-order valence-corrected chi connectivity index (χ0v) is 12.6. The molecule has 0 saturated carbocycles. The number of halogens is 3. The molecule has 0 amide bonds. The molecule has 0 aliphatic heterocycles. The molecule has 0 aliphatic carbocycles. The summed E-state index contributed by atoms with van der Waals surface area (Å²) in [6, 6.07) is 9.09. The molecular formula is C14H13Cl3N2. The second-order valence-electron chi connectivity index (χ2n) is 4.08. The van der Waals surface area contributed by atoms with Crippen LogP contribution in [0.1, 0.15) is 13.3 Å². The summed E-state index contributed by atoms with van der Waals surface area (Å²) in [6.07, 6.45) is 0.997. The van der Waals surface area contributed by atoms with Gasteiger partial charge in [-0.05, 0) is 24.6 Å². The lowest BCUT2D eigenvalue weighted by Crippen LogP contribution is -2.03. The molecule has 0 spiro atoms. The van der Waals surface area contributed by atoms with E-state index in [-0.39, 0.29) is 0 Å². The van der Waals surface area contributed by atoms with Crippen molar-refractivity contribution < 1.29 is 0 Å². The number of anilines is 1. The number of hydrogen-bond donors (Lipinski definition) is 1. The Morgan fingerprint density at radius 2 is 1.74 bits per heavy atom. The Balaban J connectivity index is 2.41. The van der Waals surface area contributed by atoms with Gasteiger partial charge in [0, 0.05) is 17.1 Å². The fraction of sp³-hybridized carbons (Fsp3) is 0.214. The van der Waals surface area contributed by atoms with E-state index in [1.807, 2.05) is 24.3 Å². The molecule has 1 N–H and O–H groups in total. The Morgan fingerprint density at radius 1 is 1.05 bits per heavy atom. The molecule has 0 bridgehead atoms. The summed E-state index contributed by atoms with van der Waals surface area (Å²) in [7, 11) is 0. The molecule has 0 saturated heterocycles. The molecule has 1 heterocycles. The lowest BCUT2D eigenvalue weighted by molar-refractivity contribution is 0.970. The van der Waals surface area contributed by atoms with Crippen molar-refractivity contribution in [3.05, 3.63) is 45.4 Å². The Bertz CT molecular complexity index is 568. The van der Waals surface area contributed by atoms with Crippen LogP contribution >= 0.6 is 34.8 Å². The van der Waals surface area contributed by atoms with E-state index in [1.54, 1.807) is 6.07 Å². The maximum absolute atomic E-state index is 6.20. The molecular weight excluding hydrogens is 303 g/mol. The van der Waals surface area contributed by atoms with Gasteiger partial charge in [0.1, 0.15) is 5.82 Å². The highest BCUT2D eigenvalue weighted by Crippen LogP contribution is 2.32. The minimum atomic E-state index is 0.523. The molecule has 1 aromatic carbocycles. The van der Waals surface area contributed by atoms with Gasteiger partial charge in [-0.2, -0.15) is 0 Å². The average Bonchev–Trinajstić information content (AvgIpc) is 2.39. The van der Waals surface area contributed by atoms with E-state index in [0.717, 1.165) is 18.5 Å². The molecule has 1 aromatic heterocycles. The van der Waals surface area contributed by atoms with Gasteiger partial charge in [0.15, 0.2) is 0 Å². The van der Waals surface area contributed by atoms with Crippen molar-refractivity contribution in [1.29, 1.82) is 0 Å². The zero-order valence-electron chi connectivity index (χ0n) is 10.4. The largest absolute Gasteiger partial charge is 0.369 e. The number of rotatable bonds is 4. The van der Waals surface area contributed by atoms with Gasteiger partial charge in [-0.1, -0.05) is 53.9 Å².